The standard InChI is InChI=1S/C14H22ClNO.ClH/c1-5-12(16)7-11-6-10(9(2)3)8-13(15)14(11)17-4;/h6,8-9,12H,5,7,16H2,1-4H3;1H. The Hall–Kier alpha value is -0.440. The van der Waals surface area contributed by atoms with E-state index >= 15 is 0 Å². The van der Waals surface area contributed by atoms with Crippen LogP contribution in [0.4, 0.5) is 0 Å². The first-order valence-corrected chi connectivity index (χ1v) is 6.49. The quantitative estimate of drug-likeness (QED) is 0.883. The minimum absolute atomic E-state index is 0. The lowest BCUT2D eigenvalue weighted by molar-refractivity contribution is 0.407. The summed E-state index contributed by atoms with van der Waals surface area (Å²) in [5.74, 6) is 1.22. The predicted molar refractivity (Wildman–Crippen MR) is 81.3 cm³/mol. The monoisotopic (exact) mass is 291 g/mol. The maximum atomic E-state index is 6.24. The number of nitrogens with two attached hydrogens (primary N) is 1. The zero-order valence-corrected chi connectivity index (χ0v) is 13.1. The minimum atomic E-state index is 0. The molecule has 0 heterocycles. The molecule has 0 saturated heterocycles. The molecule has 0 radical (unpaired) electrons. The Morgan fingerprint density at radius 1 is 1.33 bits per heavy atom. The van der Waals surface area contributed by atoms with Crippen molar-refractivity contribution in [3.8, 4) is 5.75 Å². The molecule has 0 aliphatic heterocycles. The van der Waals surface area contributed by atoms with Crippen molar-refractivity contribution in [1.29, 1.82) is 0 Å². The van der Waals surface area contributed by atoms with Crippen LogP contribution in [0.3, 0.4) is 0 Å². The van der Waals surface area contributed by atoms with Crippen LogP contribution in [0.25, 0.3) is 0 Å². The van der Waals surface area contributed by atoms with Crippen molar-refractivity contribution >= 4 is 24.0 Å². The first-order valence-electron chi connectivity index (χ1n) is 6.11. The molecule has 0 amide bonds. The summed E-state index contributed by atoms with van der Waals surface area (Å²) in [5.41, 5.74) is 8.35. The van der Waals surface area contributed by atoms with Crippen molar-refractivity contribution in [1.82, 2.24) is 0 Å². The lowest BCUT2D eigenvalue weighted by Crippen LogP contribution is -2.21. The molecule has 0 spiro atoms. The van der Waals surface area contributed by atoms with E-state index in [2.05, 4.69) is 26.8 Å². The second-order valence-corrected chi connectivity index (χ2v) is 5.13. The van der Waals surface area contributed by atoms with Crippen LogP contribution < -0.4 is 10.5 Å². The highest BCUT2D eigenvalue weighted by Gasteiger charge is 2.14. The van der Waals surface area contributed by atoms with E-state index in [-0.39, 0.29) is 18.4 Å². The first-order chi connectivity index (χ1) is 7.99. The van der Waals surface area contributed by atoms with Gasteiger partial charge in [0.25, 0.3) is 0 Å². The number of halogens is 2. The molecule has 4 heteroatoms. The van der Waals surface area contributed by atoms with Crippen LogP contribution in [0.5, 0.6) is 5.75 Å². The summed E-state index contributed by atoms with van der Waals surface area (Å²) in [6.45, 7) is 6.40. The molecule has 2 nitrogen and oxygen atoms in total. The van der Waals surface area contributed by atoms with E-state index in [0.717, 1.165) is 24.2 Å². The second-order valence-electron chi connectivity index (χ2n) is 4.72. The van der Waals surface area contributed by atoms with E-state index in [4.69, 9.17) is 22.1 Å². The van der Waals surface area contributed by atoms with Gasteiger partial charge in [-0.1, -0.05) is 38.4 Å². The van der Waals surface area contributed by atoms with Crippen LogP contribution in [-0.4, -0.2) is 13.2 Å². The highest BCUT2D eigenvalue weighted by molar-refractivity contribution is 6.32. The average molecular weight is 292 g/mol. The molecule has 1 atom stereocenters. The third-order valence-corrected chi connectivity index (χ3v) is 3.30. The average Bonchev–Trinajstić information content (AvgIpc) is 2.28. The van der Waals surface area contributed by atoms with E-state index < -0.39 is 0 Å². The molecule has 1 aromatic carbocycles. The molecule has 1 aromatic rings. The van der Waals surface area contributed by atoms with Gasteiger partial charge in [0, 0.05) is 6.04 Å². The summed E-state index contributed by atoms with van der Waals surface area (Å²) in [6.07, 6.45) is 1.76. The molecular weight excluding hydrogens is 269 g/mol. The topological polar surface area (TPSA) is 35.2 Å². The molecule has 2 N–H and O–H groups in total. The number of benzene rings is 1. The van der Waals surface area contributed by atoms with E-state index in [1.165, 1.54) is 5.56 Å². The molecule has 0 fully saturated rings. The summed E-state index contributed by atoms with van der Waals surface area (Å²) in [5, 5.41) is 0.678. The number of methoxy groups -OCH3 is 1. The van der Waals surface area contributed by atoms with E-state index in [1.807, 2.05) is 6.07 Å². The number of hydrogen-bond donors (Lipinski definition) is 1. The largest absolute Gasteiger partial charge is 0.495 e. The highest BCUT2D eigenvalue weighted by atomic mass is 35.5. The van der Waals surface area contributed by atoms with Crippen LogP contribution in [-0.2, 0) is 6.42 Å². The van der Waals surface area contributed by atoms with Gasteiger partial charge in [0.05, 0.1) is 12.1 Å². The lowest BCUT2D eigenvalue weighted by atomic mass is 9.96. The second kappa shape index (κ2) is 7.88. The molecule has 1 unspecified atom stereocenters. The summed E-state index contributed by atoms with van der Waals surface area (Å²) in [6, 6.07) is 4.29. The third-order valence-electron chi connectivity index (χ3n) is 3.02. The molecule has 1 rings (SSSR count). The Morgan fingerprint density at radius 3 is 2.39 bits per heavy atom. The molecule has 0 aromatic heterocycles. The summed E-state index contributed by atoms with van der Waals surface area (Å²) < 4.78 is 5.37. The van der Waals surface area contributed by atoms with Crippen molar-refractivity contribution in [2.24, 2.45) is 5.73 Å². The van der Waals surface area contributed by atoms with Crippen molar-refractivity contribution in [3.05, 3.63) is 28.3 Å². The fourth-order valence-electron chi connectivity index (χ4n) is 1.81. The summed E-state index contributed by atoms with van der Waals surface area (Å²) in [4.78, 5) is 0. The smallest absolute Gasteiger partial charge is 0.140 e. The maximum absolute atomic E-state index is 6.24. The SMILES string of the molecule is CCC(N)Cc1cc(C(C)C)cc(Cl)c1OC.Cl. The maximum Gasteiger partial charge on any atom is 0.140 e. The Labute approximate surface area is 121 Å². The fraction of sp³-hybridized carbons (Fsp3) is 0.571. The predicted octanol–water partition coefficient (Wildman–Crippen LogP) is 4.17. The zero-order chi connectivity index (χ0) is 13.0. The molecule has 0 aliphatic carbocycles. The summed E-state index contributed by atoms with van der Waals surface area (Å²) >= 11 is 6.24. The van der Waals surface area contributed by atoms with Gasteiger partial charge in [-0.05, 0) is 36.0 Å². The molecule has 0 bridgehead atoms. The highest BCUT2D eigenvalue weighted by Crippen LogP contribution is 2.33. The van der Waals surface area contributed by atoms with E-state index in [1.54, 1.807) is 7.11 Å². The Bertz CT molecular complexity index is 380. The number of hydrogen-bond acceptors (Lipinski definition) is 2. The minimum Gasteiger partial charge on any atom is -0.495 e. The van der Waals surface area contributed by atoms with Gasteiger partial charge in [0.2, 0.25) is 0 Å². The van der Waals surface area contributed by atoms with Crippen molar-refractivity contribution in [3.63, 3.8) is 0 Å². The van der Waals surface area contributed by atoms with Gasteiger partial charge in [0.1, 0.15) is 5.75 Å². The van der Waals surface area contributed by atoms with E-state index in [9.17, 15) is 0 Å². The molecule has 104 valence electrons. The molecule has 0 saturated carbocycles. The third kappa shape index (κ3) is 4.34. The van der Waals surface area contributed by atoms with Crippen LogP contribution in [0.2, 0.25) is 5.02 Å². The van der Waals surface area contributed by atoms with Gasteiger partial charge in [-0.15, -0.1) is 12.4 Å². The molecular formula is C14H23Cl2NO. The number of ether oxygens (including phenoxy) is 1. The van der Waals surface area contributed by atoms with Gasteiger partial charge < -0.3 is 10.5 Å². The Morgan fingerprint density at radius 2 is 1.94 bits per heavy atom. The zero-order valence-electron chi connectivity index (χ0n) is 11.5. The van der Waals surface area contributed by atoms with Crippen LogP contribution in [0.15, 0.2) is 12.1 Å². The Kier molecular flexibility index (Phi) is 7.69. The lowest BCUT2D eigenvalue weighted by Gasteiger charge is -2.17. The molecule has 0 aliphatic rings. The van der Waals surface area contributed by atoms with Crippen molar-refractivity contribution < 1.29 is 4.74 Å². The van der Waals surface area contributed by atoms with Gasteiger partial charge in [-0.25, -0.2) is 0 Å². The van der Waals surface area contributed by atoms with Crippen LogP contribution >= 0.6 is 24.0 Å². The van der Waals surface area contributed by atoms with Gasteiger partial charge in [-0.2, -0.15) is 0 Å². The van der Waals surface area contributed by atoms with Crippen LogP contribution in [0.1, 0.15) is 44.2 Å². The normalized spacial score (nSPS) is 12.2. The van der Waals surface area contributed by atoms with Gasteiger partial charge >= 0.3 is 0 Å². The fourth-order valence-corrected chi connectivity index (χ4v) is 2.14. The van der Waals surface area contributed by atoms with Gasteiger partial charge in [-0.3, -0.25) is 0 Å². The molecule has 18 heavy (non-hydrogen) atoms. The van der Waals surface area contributed by atoms with Gasteiger partial charge in [0.15, 0.2) is 0 Å². The van der Waals surface area contributed by atoms with Crippen LogP contribution in [0, 0.1) is 0 Å². The van der Waals surface area contributed by atoms with E-state index in [0.29, 0.717) is 10.9 Å². The summed E-state index contributed by atoms with van der Waals surface area (Å²) in [7, 11) is 1.65. The van der Waals surface area contributed by atoms with Crippen molar-refractivity contribution in [2.45, 2.75) is 45.6 Å². The number of rotatable bonds is 5. The van der Waals surface area contributed by atoms with Crippen molar-refractivity contribution in [2.75, 3.05) is 7.11 Å². The Balaban J connectivity index is 0.00000289. The first kappa shape index (κ1) is 17.6.